The summed E-state index contributed by atoms with van der Waals surface area (Å²) in [6, 6.07) is 10.9. The molecule has 3 heterocycles. The quantitative estimate of drug-likeness (QED) is 0.650. The van der Waals surface area contributed by atoms with Gasteiger partial charge in [0.1, 0.15) is 0 Å². The zero-order valence-corrected chi connectivity index (χ0v) is 8.26. The largest absolute Gasteiger partial charge is 0.377 e. The maximum Gasteiger partial charge on any atom is 0.0246 e. The number of allylic oxidation sites excluding steroid dienone is 1. The molecule has 1 fully saturated rings. The molecule has 4 rings (SSSR count). The second-order valence-corrected chi connectivity index (χ2v) is 4.31. The van der Waals surface area contributed by atoms with Crippen LogP contribution in [0.2, 0.25) is 0 Å². The molecule has 0 aliphatic carbocycles. The van der Waals surface area contributed by atoms with Gasteiger partial charge >= 0.3 is 0 Å². The Labute approximate surface area is 85.0 Å². The number of hydrogen-bond acceptors (Lipinski definition) is 1. The fraction of sp³-hybridized carbons (Fsp3) is 0.385. The van der Waals surface area contributed by atoms with Crippen molar-refractivity contribution in [2.45, 2.75) is 12.3 Å². The van der Waals surface area contributed by atoms with E-state index in [0.717, 1.165) is 11.8 Å². The van der Waals surface area contributed by atoms with Crippen molar-refractivity contribution in [3.05, 3.63) is 48.2 Å². The van der Waals surface area contributed by atoms with Crippen molar-refractivity contribution in [3.63, 3.8) is 0 Å². The zero-order valence-electron chi connectivity index (χ0n) is 8.26. The van der Waals surface area contributed by atoms with Gasteiger partial charge in [-0.05, 0) is 24.1 Å². The smallest absolute Gasteiger partial charge is 0.0246 e. The normalized spacial score (nSPS) is 29.6. The molecular weight excluding hydrogens is 170 g/mol. The number of benzene rings is 1. The average Bonchev–Trinajstić information content (AvgIpc) is 2.32. The van der Waals surface area contributed by atoms with E-state index in [-0.39, 0.29) is 0 Å². The van der Waals surface area contributed by atoms with Crippen molar-refractivity contribution < 1.29 is 0 Å². The van der Waals surface area contributed by atoms with Gasteiger partial charge in [0.05, 0.1) is 0 Å². The Balaban J connectivity index is 1.91. The molecule has 1 heteroatoms. The van der Waals surface area contributed by atoms with E-state index in [4.69, 9.17) is 0 Å². The van der Waals surface area contributed by atoms with Crippen molar-refractivity contribution >= 4 is 0 Å². The Kier molecular flexibility index (Phi) is 1.83. The minimum Gasteiger partial charge on any atom is -0.377 e. The van der Waals surface area contributed by atoms with Crippen LogP contribution in [0.1, 0.15) is 17.9 Å². The standard InChI is InChI=1S/C13H15N/c1-2-4-11(5-3-1)13-10-14-8-6-12(13)7-9-14/h1-6,8,12-13H,7,9-10H2/t12-,13+/m1/s1. The molecule has 0 spiro atoms. The van der Waals surface area contributed by atoms with Crippen molar-refractivity contribution in [2.75, 3.05) is 13.1 Å². The molecule has 2 atom stereocenters. The monoisotopic (exact) mass is 185 g/mol. The van der Waals surface area contributed by atoms with E-state index in [0.29, 0.717) is 0 Å². The summed E-state index contributed by atoms with van der Waals surface area (Å²) in [4.78, 5) is 2.44. The summed E-state index contributed by atoms with van der Waals surface area (Å²) in [6.07, 6.45) is 5.98. The molecule has 1 nitrogen and oxygen atoms in total. The Morgan fingerprint density at radius 1 is 1.14 bits per heavy atom. The van der Waals surface area contributed by atoms with E-state index < -0.39 is 0 Å². The van der Waals surface area contributed by atoms with Gasteiger partial charge in [0, 0.05) is 19.0 Å². The lowest BCUT2D eigenvalue weighted by molar-refractivity contribution is 0.211. The fourth-order valence-electron chi connectivity index (χ4n) is 2.65. The Hall–Kier alpha value is -1.24. The van der Waals surface area contributed by atoms with E-state index in [9.17, 15) is 0 Å². The van der Waals surface area contributed by atoms with Crippen LogP contribution in [0.3, 0.4) is 0 Å². The van der Waals surface area contributed by atoms with Gasteiger partial charge in [-0.2, -0.15) is 0 Å². The van der Waals surface area contributed by atoms with Gasteiger partial charge < -0.3 is 4.90 Å². The lowest BCUT2D eigenvalue weighted by atomic mass is 9.79. The van der Waals surface area contributed by atoms with Crippen molar-refractivity contribution in [3.8, 4) is 0 Å². The topological polar surface area (TPSA) is 3.24 Å². The molecular formula is C13H15N. The molecule has 72 valence electrons. The fourth-order valence-corrected chi connectivity index (χ4v) is 2.65. The Morgan fingerprint density at radius 3 is 2.57 bits per heavy atom. The predicted molar refractivity (Wildman–Crippen MR) is 58.0 cm³/mol. The van der Waals surface area contributed by atoms with Crippen LogP contribution >= 0.6 is 0 Å². The Bertz CT molecular complexity index is 342. The van der Waals surface area contributed by atoms with Crippen molar-refractivity contribution in [2.24, 2.45) is 5.92 Å². The maximum atomic E-state index is 2.44. The summed E-state index contributed by atoms with van der Waals surface area (Å²) >= 11 is 0. The molecule has 0 radical (unpaired) electrons. The number of fused-ring (bicyclic) bond motifs is 2. The number of piperidine rings is 1. The molecule has 0 unspecified atom stereocenters. The lowest BCUT2D eigenvalue weighted by Gasteiger charge is -2.41. The van der Waals surface area contributed by atoms with Gasteiger partial charge in [-0.3, -0.25) is 0 Å². The van der Waals surface area contributed by atoms with Crippen LogP contribution in [0.4, 0.5) is 0 Å². The first-order chi connectivity index (χ1) is 6.93. The first kappa shape index (κ1) is 8.10. The van der Waals surface area contributed by atoms with Gasteiger partial charge in [0.15, 0.2) is 0 Å². The summed E-state index contributed by atoms with van der Waals surface area (Å²) < 4.78 is 0. The molecule has 1 aromatic rings. The average molecular weight is 185 g/mol. The number of rotatable bonds is 1. The molecule has 1 saturated heterocycles. The summed E-state index contributed by atoms with van der Waals surface area (Å²) in [5, 5.41) is 0. The molecule has 1 aromatic carbocycles. The summed E-state index contributed by atoms with van der Waals surface area (Å²) in [6.45, 7) is 2.47. The van der Waals surface area contributed by atoms with Crippen molar-refractivity contribution in [1.29, 1.82) is 0 Å². The minimum atomic E-state index is 0.731. The molecule has 0 saturated carbocycles. The lowest BCUT2D eigenvalue weighted by Crippen LogP contribution is -2.39. The van der Waals surface area contributed by atoms with E-state index in [1.807, 2.05) is 0 Å². The molecule has 3 aliphatic rings. The van der Waals surface area contributed by atoms with Crippen LogP contribution in [-0.2, 0) is 0 Å². The number of hydrogen-bond donors (Lipinski definition) is 0. The highest BCUT2D eigenvalue weighted by Gasteiger charge is 2.30. The first-order valence-electron chi connectivity index (χ1n) is 5.41. The maximum absolute atomic E-state index is 2.44. The summed E-state index contributed by atoms with van der Waals surface area (Å²) in [5.41, 5.74) is 1.51. The van der Waals surface area contributed by atoms with Crippen LogP contribution in [0, 0.1) is 5.92 Å². The van der Waals surface area contributed by atoms with Gasteiger partial charge in [-0.25, -0.2) is 0 Å². The first-order valence-corrected chi connectivity index (χ1v) is 5.41. The molecule has 0 N–H and O–H groups in total. The van der Waals surface area contributed by atoms with Crippen LogP contribution in [0.25, 0.3) is 0 Å². The van der Waals surface area contributed by atoms with Crippen LogP contribution < -0.4 is 0 Å². The molecule has 0 aromatic heterocycles. The third-order valence-electron chi connectivity index (χ3n) is 3.47. The van der Waals surface area contributed by atoms with E-state index in [1.54, 1.807) is 0 Å². The van der Waals surface area contributed by atoms with E-state index in [2.05, 4.69) is 47.5 Å². The van der Waals surface area contributed by atoms with Gasteiger partial charge in [-0.1, -0.05) is 36.4 Å². The molecule has 3 aliphatic heterocycles. The summed E-state index contributed by atoms with van der Waals surface area (Å²) in [5.74, 6) is 1.51. The third-order valence-corrected chi connectivity index (χ3v) is 3.47. The summed E-state index contributed by atoms with van der Waals surface area (Å²) in [7, 11) is 0. The second-order valence-electron chi connectivity index (χ2n) is 4.31. The van der Waals surface area contributed by atoms with Crippen LogP contribution in [0.5, 0.6) is 0 Å². The zero-order chi connectivity index (χ0) is 9.38. The van der Waals surface area contributed by atoms with Crippen molar-refractivity contribution in [1.82, 2.24) is 4.90 Å². The minimum absolute atomic E-state index is 0.731. The van der Waals surface area contributed by atoms with E-state index >= 15 is 0 Å². The highest BCUT2D eigenvalue weighted by Crippen LogP contribution is 2.36. The highest BCUT2D eigenvalue weighted by molar-refractivity contribution is 5.25. The van der Waals surface area contributed by atoms with Gasteiger partial charge in [0.25, 0.3) is 0 Å². The third kappa shape index (κ3) is 1.24. The van der Waals surface area contributed by atoms with Crippen LogP contribution in [-0.4, -0.2) is 18.0 Å². The second kappa shape index (κ2) is 3.16. The number of nitrogens with zero attached hydrogens (tertiary/aromatic N) is 1. The SMILES string of the molecule is C1=CN2CC[C@@H]1[C@H](c1ccccc1)C2. The highest BCUT2D eigenvalue weighted by atomic mass is 15.1. The van der Waals surface area contributed by atoms with Gasteiger partial charge in [-0.15, -0.1) is 0 Å². The molecule has 0 amide bonds. The molecule has 2 bridgehead atoms. The molecule has 14 heavy (non-hydrogen) atoms. The van der Waals surface area contributed by atoms with Crippen LogP contribution in [0.15, 0.2) is 42.6 Å². The predicted octanol–water partition coefficient (Wildman–Crippen LogP) is 2.62. The Morgan fingerprint density at radius 2 is 2.00 bits per heavy atom. The van der Waals surface area contributed by atoms with Gasteiger partial charge in [0.2, 0.25) is 0 Å². The van der Waals surface area contributed by atoms with E-state index in [1.165, 1.54) is 25.1 Å².